The Morgan fingerprint density at radius 2 is 1.69 bits per heavy atom. The van der Waals surface area contributed by atoms with E-state index in [2.05, 4.69) is 6.92 Å². The van der Waals surface area contributed by atoms with Crippen molar-refractivity contribution in [3.8, 4) is 11.8 Å². The van der Waals surface area contributed by atoms with Gasteiger partial charge in [-0.3, -0.25) is 5.41 Å². The molecular weight excluding hydrogens is 463 g/mol. The number of sulfone groups is 1. The van der Waals surface area contributed by atoms with Crippen molar-refractivity contribution in [2.75, 3.05) is 6.61 Å². The minimum absolute atomic E-state index is 0.00114. The van der Waals surface area contributed by atoms with Crippen molar-refractivity contribution in [3.63, 3.8) is 0 Å². The Labute approximate surface area is 164 Å². The number of rotatable bonds is 8. The quantitative estimate of drug-likeness (QED) is 0.256. The highest BCUT2D eigenvalue weighted by atomic mass is 127. The zero-order valence-corrected chi connectivity index (χ0v) is 17.2. The van der Waals surface area contributed by atoms with Crippen molar-refractivity contribution in [2.24, 2.45) is 0 Å². The van der Waals surface area contributed by atoms with Crippen LogP contribution in [0.15, 0.2) is 58.3 Å². The van der Waals surface area contributed by atoms with Crippen LogP contribution in [0.1, 0.15) is 19.8 Å². The topological polar surface area (TPSA) is 91.0 Å². The third-order valence-corrected chi connectivity index (χ3v) is 7.71. The summed E-state index contributed by atoms with van der Waals surface area (Å²) in [5.74, 6) is 2.54. The minimum Gasteiger partial charge on any atom is -0.494 e. The number of nitrogens with one attached hydrogen (secondary N) is 1. The monoisotopic (exact) mass is 481 g/mol. The Bertz CT molecular complexity index is 940. The molecule has 0 saturated carbocycles. The average Bonchev–Trinajstić information content (AvgIpc) is 2.64. The Morgan fingerprint density at radius 3 is 2.19 bits per heavy atom. The van der Waals surface area contributed by atoms with Crippen molar-refractivity contribution in [2.45, 2.75) is 24.7 Å². The molecule has 0 amide bonds. The Kier molecular flexibility index (Phi) is 7.39. The van der Waals surface area contributed by atoms with Gasteiger partial charge in [0.25, 0.3) is 0 Å². The van der Waals surface area contributed by atoms with Crippen molar-refractivity contribution in [1.29, 1.82) is 10.7 Å². The second-order valence-electron chi connectivity index (χ2n) is 5.27. The van der Waals surface area contributed by atoms with E-state index in [0.29, 0.717) is 0 Å². The molecule has 0 aliphatic carbocycles. The summed E-state index contributed by atoms with van der Waals surface area (Å²) >= 11 is -0.449. The van der Waals surface area contributed by atoms with Crippen LogP contribution in [-0.4, -0.2) is 20.9 Å². The number of nitriles is 1. The van der Waals surface area contributed by atoms with E-state index in [0.717, 1.165) is 28.8 Å². The number of allylic oxidation sites excluding steroid dienone is 1. The van der Waals surface area contributed by atoms with E-state index in [-0.39, 0.29) is 4.90 Å². The molecule has 26 heavy (non-hydrogen) atoms. The number of ether oxygens (including phenoxy) is 1. The lowest BCUT2D eigenvalue weighted by Gasteiger charge is -2.03. The highest BCUT2D eigenvalue weighted by molar-refractivity contribution is 7.95. The number of hydrogen-bond donors (Lipinski definition) is 1. The molecule has 0 saturated heterocycles. The van der Waals surface area contributed by atoms with E-state index < -0.39 is 35.9 Å². The fourth-order valence-electron chi connectivity index (χ4n) is 2.00. The fraction of sp³-hybridized carbons (Fsp3) is 0.211. The van der Waals surface area contributed by atoms with Crippen molar-refractivity contribution < 1.29 is 34.4 Å². The van der Waals surface area contributed by atoms with Crippen LogP contribution in [0.5, 0.6) is 5.75 Å². The molecule has 134 valence electrons. The first kappa shape index (κ1) is 20.2. The van der Waals surface area contributed by atoms with Crippen molar-refractivity contribution in [1.82, 2.24) is 0 Å². The second-order valence-corrected chi connectivity index (χ2v) is 10.2. The molecule has 0 bridgehead atoms. The van der Waals surface area contributed by atoms with Crippen LogP contribution < -0.4 is 25.9 Å². The number of nitrogens with zero attached hydrogens (tertiary/aromatic N) is 1. The molecule has 0 aliphatic rings. The summed E-state index contributed by atoms with van der Waals surface area (Å²) in [6.45, 7) is 2.84. The third kappa shape index (κ3) is 5.18. The predicted molar refractivity (Wildman–Crippen MR) is 94.7 cm³/mol. The Balaban J connectivity index is 2.08. The van der Waals surface area contributed by atoms with Gasteiger partial charge in [-0.15, -0.1) is 0 Å². The summed E-state index contributed by atoms with van der Waals surface area (Å²) in [7, 11) is -3.95. The largest absolute Gasteiger partial charge is 0.494 e. The van der Waals surface area contributed by atoms with E-state index in [4.69, 9.17) is 15.4 Å². The Morgan fingerprint density at radius 1 is 1.12 bits per heavy atom. The standard InChI is InChI=1S/C19H18IN2O3S/c1-2-3-12-25-17-8-4-15(5-9-17)20-16-6-10-18(11-7-16)26(23,24)19(13-21)14-22/h4-11,21H,2-3,12H2,1H3/q+1. The smallest absolute Gasteiger partial charge is 0.357 e. The zero-order valence-electron chi connectivity index (χ0n) is 14.2. The van der Waals surface area contributed by atoms with E-state index >= 15 is 0 Å². The molecule has 0 fully saturated rings. The molecule has 0 spiro atoms. The molecule has 0 radical (unpaired) electrons. The van der Waals surface area contributed by atoms with Gasteiger partial charge in [0.05, 0.1) is 11.5 Å². The fourth-order valence-corrected chi connectivity index (χ4v) is 5.15. The summed E-state index contributed by atoms with van der Waals surface area (Å²) in [6, 6.07) is 15.9. The lowest BCUT2D eigenvalue weighted by atomic mass is 10.3. The second kappa shape index (κ2) is 9.53. The lowest BCUT2D eigenvalue weighted by molar-refractivity contribution is -0.597. The molecule has 0 unspecified atom stereocenters. The maximum atomic E-state index is 12.2. The number of benzene rings is 2. The van der Waals surface area contributed by atoms with Crippen LogP contribution in [0, 0.1) is 23.9 Å². The van der Waals surface area contributed by atoms with Gasteiger partial charge < -0.3 is 4.74 Å². The normalized spacial score (nSPS) is 10.6. The first-order valence-corrected chi connectivity index (χ1v) is 11.6. The van der Waals surface area contributed by atoms with Gasteiger partial charge >= 0.3 is 21.2 Å². The van der Waals surface area contributed by atoms with Gasteiger partial charge in [-0.25, -0.2) is 8.42 Å². The molecular formula is C19H18IN2O3S+. The molecule has 2 aromatic rings. The summed E-state index contributed by atoms with van der Waals surface area (Å²) in [5.41, 5.74) is 0. The van der Waals surface area contributed by atoms with Crippen LogP contribution >= 0.6 is 0 Å². The van der Waals surface area contributed by atoms with Gasteiger partial charge in [0.2, 0.25) is 14.7 Å². The van der Waals surface area contributed by atoms with E-state index in [1.165, 1.54) is 21.8 Å². The lowest BCUT2D eigenvalue weighted by Crippen LogP contribution is -3.61. The molecule has 5 nitrogen and oxygen atoms in total. The maximum absolute atomic E-state index is 12.2. The molecule has 7 heteroatoms. The van der Waals surface area contributed by atoms with Gasteiger partial charge in [-0.05, 0) is 55.0 Å². The van der Waals surface area contributed by atoms with Gasteiger partial charge in [-0.1, -0.05) is 13.3 Å². The SMILES string of the molecule is CCCCOc1ccc([I+]c2ccc(S(=O)(=O)C(=C=N)C#N)cc2)cc1. The molecule has 0 aromatic heterocycles. The first-order chi connectivity index (χ1) is 12.5. The van der Waals surface area contributed by atoms with Crippen LogP contribution in [0.4, 0.5) is 0 Å². The highest BCUT2D eigenvalue weighted by Gasteiger charge is 2.23. The summed E-state index contributed by atoms with van der Waals surface area (Å²) in [6.07, 6.45) is 2.13. The molecule has 2 aromatic carbocycles. The van der Waals surface area contributed by atoms with Crippen molar-refractivity contribution >= 4 is 15.7 Å². The summed E-state index contributed by atoms with van der Waals surface area (Å²) in [5, 5.41) is 15.7. The molecule has 0 atom stereocenters. The van der Waals surface area contributed by atoms with Crippen LogP contribution in [0.25, 0.3) is 0 Å². The number of halogens is 1. The van der Waals surface area contributed by atoms with Crippen molar-refractivity contribution in [3.05, 3.63) is 60.6 Å². The third-order valence-electron chi connectivity index (χ3n) is 3.41. The van der Waals surface area contributed by atoms with Crippen LogP contribution in [0.3, 0.4) is 0 Å². The Hall–Kier alpha value is -2.14. The molecule has 0 aliphatic heterocycles. The van der Waals surface area contributed by atoms with E-state index in [1.54, 1.807) is 18.0 Å². The number of hydrogen-bond acceptors (Lipinski definition) is 5. The highest BCUT2D eigenvalue weighted by Crippen LogP contribution is 2.16. The first-order valence-electron chi connectivity index (χ1n) is 7.94. The number of unbranched alkanes of at least 4 members (excludes halogenated alkanes) is 1. The average molecular weight is 481 g/mol. The van der Waals surface area contributed by atoms with E-state index in [1.807, 2.05) is 24.3 Å². The van der Waals surface area contributed by atoms with Gasteiger partial charge in [-0.2, -0.15) is 5.26 Å². The minimum atomic E-state index is -3.95. The van der Waals surface area contributed by atoms with Crippen LogP contribution in [0.2, 0.25) is 0 Å². The zero-order chi connectivity index (χ0) is 19.0. The summed E-state index contributed by atoms with van der Waals surface area (Å²) in [4.78, 5) is -0.681. The van der Waals surface area contributed by atoms with E-state index in [9.17, 15) is 8.42 Å². The van der Waals surface area contributed by atoms with Gasteiger partial charge in [0, 0.05) is 5.87 Å². The van der Waals surface area contributed by atoms with Gasteiger partial charge in [0.1, 0.15) is 11.8 Å². The molecule has 2 rings (SSSR count). The van der Waals surface area contributed by atoms with Gasteiger partial charge in [0.15, 0.2) is 7.14 Å². The van der Waals surface area contributed by atoms with Crippen LogP contribution in [-0.2, 0) is 9.84 Å². The molecule has 0 heterocycles. The summed E-state index contributed by atoms with van der Waals surface area (Å²) < 4.78 is 32.2. The molecule has 1 N–H and O–H groups in total. The predicted octanol–water partition coefficient (Wildman–Crippen LogP) is 0.424. The maximum Gasteiger partial charge on any atom is 0.357 e.